The fourth-order valence-electron chi connectivity index (χ4n) is 2.19. The lowest BCUT2D eigenvalue weighted by atomic mass is 10.2. The number of halogens is 1. The lowest BCUT2D eigenvalue weighted by Crippen LogP contribution is -2.20. The summed E-state index contributed by atoms with van der Waals surface area (Å²) in [5, 5.41) is 2.60. The number of carbonyl (C=O) groups excluding carboxylic acids is 1. The Bertz CT molecular complexity index is 654. The van der Waals surface area contributed by atoms with Gasteiger partial charge < -0.3 is 19.4 Å². The molecule has 0 aliphatic rings. The molecule has 0 saturated carbocycles. The Morgan fingerprint density at radius 3 is 2.57 bits per heavy atom. The van der Waals surface area contributed by atoms with Gasteiger partial charge in [0, 0.05) is 32.1 Å². The number of carbonyl (C=O) groups is 1. The quantitative estimate of drug-likeness (QED) is 0.828. The van der Waals surface area contributed by atoms with Crippen LogP contribution in [0.1, 0.15) is 12.2 Å². The van der Waals surface area contributed by atoms with Gasteiger partial charge in [-0.15, -0.1) is 11.6 Å². The van der Waals surface area contributed by atoms with Gasteiger partial charge in [0.05, 0.1) is 31.1 Å². The number of aryl methyl sites for hydroxylation is 1. The van der Waals surface area contributed by atoms with E-state index < -0.39 is 0 Å². The number of fused-ring (bicyclic) bond motifs is 1. The van der Waals surface area contributed by atoms with Gasteiger partial charge >= 0.3 is 0 Å². The minimum atomic E-state index is -0.0298. The van der Waals surface area contributed by atoms with Crippen LogP contribution in [-0.4, -0.2) is 36.7 Å². The molecule has 0 atom stereocenters. The van der Waals surface area contributed by atoms with Crippen LogP contribution in [0.4, 0.5) is 0 Å². The summed E-state index contributed by atoms with van der Waals surface area (Å²) in [6.07, 6.45) is 0.361. The van der Waals surface area contributed by atoms with Crippen LogP contribution in [0, 0.1) is 0 Å². The summed E-state index contributed by atoms with van der Waals surface area (Å²) in [5.74, 6) is 2.19. The number of nitrogens with one attached hydrogen (secondary N) is 1. The summed E-state index contributed by atoms with van der Waals surface area (Å²) in [5.41, 5.74) is 1.63. The molecule has 0 aliphatic carbocycles. The number of alkyl halides is 1. The molecule has 0 spiro atoms. The van der Waals surface area contributed by atoms with Crippen LogP contribution in [0.25, 0.3) is 11.0 Å². The van der Waals surface area contributed by atoms with Crippen LogP contribution < -0.4 is 14.8 Å². The first-order chi connectivity index (χ1) is 10.1. The maximum absolute atomic E-state index is 11.4. The second-order valence-corrected chi connectivity index (χ2v) is 4.70. The Balaban J connectivity index is 2.48. The Labute approximate surface area is 128 Å². The molecule has 2 aromatic rings. The molecule has 0 saturated heterocycles. The van der Waals surface area contributed by atoms with Crippen LogP contribution in [0.15, 0.2) is 12.1 Å². The first-order valence-electron chi connectivity index (χ1n) is 6.52. The number of benzene rings is 1. The number of ether oxygens (including phenoxy) is 2. The fourth-order valence-corrected chi connectivity index (χ4v) is 2.40. The monoisotopic (exact) mass is 311 g/mol. The van der Waals surface area contributed by atoms with E-state index in [4.69, 9.17) is 21.1 Å². The van der Waals surface area contributed by atoms with E-state index in [9.17, 15) is 4.79 Å². The topological polar surface area (TPSA) is 65.4 Å². The van der Waals surface area contributed by atoms with Crippen molar-refractivity contribution in [1.82, 2.24) is 14.9 Å². The van der Waals surface area contributed by atoms with Gasteiger partial charge in [-0.2, -0.15) is 0 Å². The average Bonchev–Trinajstić information content (AvgIpc) is 2.87. The van der Waals surface area contributed by atoms with Crippen LogP contribution in [0.5, 0.6) is 11.5 Å². The predicted octanol–water partition coefficient (Wildman–Crippen LogP) is 1.93. The Morgan fingerprint density at radius 2 is 2.00 bits per heavy atom. The van der Waals surface area contributed by atoms with Crippen LogP contribution in [0.2, 0.25) is 0 Å². The zero-order valence-corrected chi connectivity index (χ0v) is 13.0. The molecule has 0 radical (unpaired) electrons. The average molecular weight is 312 g/mol. The molecule has 1 heterocycles. The summed E-state index contributed by atoms with van der Waals surface area (Å²) < 4.78 is 12.5. The summed E-state index contributed by atoms with van der Waals surface area (Å²) in [6, 6.07) is 3.65. The highest BCUT2D eigenvalue weighted by Gasteiger charge is 2.15. The molecule has 0 fully saturated rings. The maximum atomic E-state index is 11.4. The van der Waals surface area contributed by atoms with Gasteiger partial charge in [-0.05, 0) is 0 Å². The Morgan fingerprint density at radius 1 is 1.33 bits per heavy atom. The molecule has 21 heavy (non-hydrogen) atoms. The molecule has 7 heteroatoms. The molecule has 2 rings (SSSR count). The molecule has 0 bridgehead atoms. The van der Waals surface area contributed by atoms with Gasteiger partial charge in [0.25, 0.3) is 0 Å². The minimum absolute atomic E-state index is 0.0298. The SMILES string of the molecule is CNC(=O)CCn1c(CCl)nc2cc(OC)c(OC)cc21. The second kappa shape index (κ2) is 6.67. The van der Waals surface area contributed by atoms with E-state index in [0.29, 0.717) is 30.3 Å². The van der Waals surface area contributed by atoms with Crippen molar-refractivity contribution in [2.24, 2.45) is 0 Å². The third-order valence-electron chi connectivity index (χ3n) is 3.29. The molecular weight excluding hydrogens is 294 g/mol. The number of methoxy groups -OCH3 is 2. The number of amides is 1. The Hall–Kier alpha value is -1.95. The van der Waals surface area contributed by atoms with Crippen LogP contribution >= 0.6 is 11.6 Å². The largest absolute Gasteiger partial charge is 0.493 e. The molecule has 6 nitrogen and oxygen atoms in total. The first kappa shape index (κ1) is 15.4. The number of imidazole rings is 1. The number of rotatable bonds is 6. The van der Waals surface area contributed by atoms with Crippen molar-refractivity contribution in [2.45, 2.75) is 18.8 Å². The van der Waals surface area contributed by atoms with E-state index in [2.05, 4.69) is 10.3 Å². The highest BCUT2D eigenvalue weighted by molar-refractivity contribution is 6.16. The minimum Gasteiger partial charge on any atom is -0.493 e. The number of hydrogen-bond donors (Lipinski definition) is 1. The van der Waals surface area contributed by atoms with Gasteiger partial charge in [-0.1, -0.05) is 0 Å². The van der Waals surface area contributed by atoms with E-state index in [0.717, 1.165) is 11.0 Å². The van der Waals surface area contributed by atoms with E-state index in [1.165, 1.54) is 0 Å². The highest BCUT2D eigenvalue weighted by Crippen LogP contribution is 2.32. The predicted molar refractivity (Wildman–Crippen MR) is 81.1 cm³/mol. The van der Waals surface area contributed by atoms with Gasteiger partial charge in [-0.3, -0.25) is 4.79 Å². The van der Waals surface area contributed by atoms with Crippen molar-refractivity contribution in [1.29, 1.82) is 0 Å². The van der Waals surface area contributed by atoms with Crippen molar-refractivity contribution in [3.8, 4) is 11.5 Å². The molecule has 1 amide bonds. The maximum Gasteiger partial charge on any atom is 0.221 e. The summed E-state index contributed by atoms with van der Waals surface area (Å²) >= 11 is 5.95. The normalized spacial score (nSPS) is 10.7. The number of nitrogens with zero attached hydrogens (tertiary/aromatic N) is 2. The third-order valence-corrected chi connectivity index (χ3v) is 3.53. The standard InChI is InChI=1S/C14H18ClN3O3/c1-16-14(19)4-5-18-10-7-12(21-3)11(20-2)6-9(10)17-13(18)8-15/h6-7H,4-5,8H2,1-3H3,(H,16,19). The molecule has 114 valence electrons. The van der Waals surface area contributed by atoms with Crippen LogP contribution in [-0.2, 0) is 17.2 Å². The number of hydrogen-bond acceptors (Lipinski definition) is 4. The summed E-state index contributed by atoms with van der Waals surface area (Å²) in [4.78, 5) is 15.9. The van der Waals surface area contributed by atoms with Gasteiger partial charge in [-0.25, -0.2) is 4.98 Å². The van der Waals surface area contributed by atoms with Gasteiger partial charge in [0.15, 0.2) is 11.5 Å². The van der Waals surface area contributed by atoms with Crippen LogP contribution in [0.3, 0.4) is 0 Å². The van der Waals surface area contributed by atoms with Crippen molar-refractivity contribution < 1.29 is 14.3 Å². The van der Waals surface area contributed by atoms with Gasteiger partial charge in [0.1, 0.15) is 5.82 Å². The van der Waals surface area contributed by atoms with E-state index >= 15 is 0 Å². The zero-order chi connectivity index (χ0) is 15.4. The van der Waals surface area contributed by atoms with E-state index in [-0.39, 0.29) is 11.8 Å². The van der Waals surface area contributed by atoms with Crippen molar-refractivity contribution in [3.05, 3.63) is 18.0 Å². The molecule has 1 aromatic heterocycles. The smallest absolute Gasteiger partial charge is 0.221 e. The van der Waals surface area contributed by atoms with Crippen molar-refractivity contribution in [3.63, 3.8) is 0 Å². The molecular formula is C14H18ClN3O3. The lowest BCUT2D eigenvalue weighted by molar-refractivity contribution is -0.120. The van der Waals surface area contributed by atoms with E-state index in [1.807, 2.05) is 10.6 Å². The zero-order valence-electron chi connectivity index (χ0n) is 12.3. The molecule has 0 unspecified atom stereocenters. The highest BCUT2D eigenvalue weighted by atomic mass is 35.5. The summed E-state index contributed by atoms with van der Waals surface area (Å²) in [6.45, 7) is 0.508. The molecule has 1 aromatic carbocycles. The van der Waals surface area contributed by atoms with E-state index in [1.54, 1.807) is 27.3 Å². The lowest BCUT2D eigenvalue weighted by Gasteiger charge is -2.10. The van der Waals surface area contributed by atoms with Gasteiger partial charge in [0.2, 0.25) is 5.91 Å². The van der Waals surface area contributed by atoms with Crippen molar-refractivity contribution in [2.75, 3.05) is 21.3 Å². The molecule has 0 aliphatic heterocycles. The second-order valence-electron chi connectivity index (χ2n) is 4.43. The summed E-state index contributed by atoms with van der Waals surface area (Å²) in [7, 11) is 4.77. The third kappa shape index (κ3) is 3.05. The Kier molecular flexibility index (Phi) is 4.90. The molecule has 1 N–H and O–H groups in total. The first-order valence-corrected chi connectivity index (χ1v) is 7.05. The fraction of sp³-hybridized carbons (Fsp3) is 0.429. The number of aromatic nitrogens is 2. The van der Waals surface area contributed by atoms with Crippen molar-refractivity contribution >= 4 is 28.5 Å².